The maximum absolute atomic E-state index is 4.51. The summed E-state index contributed by atoms with van der Waals surface area (Å²) in [5, 5.41) is 3.68. The van der Waals surface area contributed by atoms with Crippen molar-refractivity contribution < 1.29 is 0 Å². The SMILES string of the molecule is CCCNC1CCCC(Cc2nccn2CC)C1. The molecule has 0 spiro atoms. The average molecular weight is 249 g/mol. The Morgan fingerprint density at radius 3 is 3.06 bits per heavy atom. The third-order valence-corrected chi connectivity index (χ3v) is 4.08. The van der Waals surface area contributed by atoms with Crippen molar-refractivity contribution >= 4 is 0 Å². The summed E-state index contributed by atoms with van der Waals surface area (Å²) in [6.45, 7) is 6.64. The van der Waals surface area contributed by atoms with Gasteiger partial charge in [-0.05, 0) is 45.1 Å². The van der Waals surface area contributed by atoms with Crippen molar-refractivity contribution in [3.63, 3.8) is 0 Å². The van der Waals surface area contributed by atoms with E-state index < -0.39 is 0 Å². The second-order valence-corrected chi connectivity index (χ2v) is 5.52. The molecule has 0 amide bonds. The van der Waals surface area contributed by atoms with Gasteiger partial charge in [0, 0.05) is 31.4 Å². The lowest BCUT2D eigenvalue weighted by Crippen LogP contribution is -2.35. The van der Waals surface area contributed by atoms with Crippen molar-refractivity contribution in [2.45, 2.75) is 65.0 Å². The van der Waals surface area contributed by atoms with Gasteiger partial charge in [-0.15, -0.1) is 0 Å². The molecule has 0 radical (unpaired) electrons. The van der Waals surface area contributed by atoms with Gasteiger partial charge in [-0.2, -0.15) is 0 Å². The standard InChI is InChI=1S/C15H27N3/c1-3-8-16-14-7-5-6-13(11-14)12-15-17-9-10-18(15)4-2/h9-10,13-14,16H,3-8,11-12H2,1-2H3. The van der Waals surface area contributed by atoms with E-state index in [1.165, 1.54) is 44.5 Å². The first-order valence-corrected chi connectivity index (χ1v) is 7.56. The molecule has 1 fully saturated rings. The second kappa shape index (κ2) is 6.93. The van der Waals surface area contributed by atoms with Gasteiger partial charge in [-0.25, -0.2) is 4.98 Å². The summed E-state index contributed by atoms with van der Waals surface area (Å²) in [4.78, 5) is 4.51. The van der Waals surface area contributed by atoms with Crippen LogP contribution in [0, 0.1) is 5.92 Å². The van der Waals surface area contributed by atoms with Gasteiger partial charge in [0.15, 0.2) is 0 Å². The fourth-order valence-corrected chi connectivity index (χ4v) is 3.09. The lowest BCUT2D eigenvalue weighted by molar-refractivity contribution is 0.280. The molecule has 2 unspecified atom stereocenters. The first-order chi connectivity index (χ1) is 8.83. The van der Waals surface area contributed by atoms with Crippen LogP contribution in [0.1, 0.15) is 51.8 Å². The largest absolute Gasteiger partial charge is 0.335 e. The van der Waals surface area contributed by atoms with Gasteiger partial charge in [0.1, 0.15) is 5.82 Å². The number of hydrogen-bond acceptors (Lipinski definition) is 2. The molecule has 2 atom stereocenters. The Kier molecular flexibility index (Phi) is 5.24. The van der Waals surface area contributed by atoms with Crippen LogP contribution < -0.4 is 5.32 Å². The summed E-state index contributed by atoms with van der Waals surface area (Å²) in [5.74, 6) is 2.10. The first-order valence-electron chi connectivity index (χ1n) is 7.56. The molecule has 1 saturated carbocycles. The van der Waals surface area contributed by atoms with Gasteiger partial charge in [0.2, 0.25) is 0 Å². The highest BCUT2D eigenvalue weighted by molar-refractivity contribution is 4.95. The summed E-state index contributed by atoms with van der Waals surface area (Å²) in [6, 6.07) is 0.744. The fourth-order valence-electron chi connectivity index (χ4n) is 3.09. The van der Waals surface area contributed by atoms with Crippen LogP contribution in [0.25, 0.3) is 0 Å². The van der Waals surface area contributed by atoms with Crippen LogP contribution in [0.3, 0.4) is 0 Å². The van der Waals surface area contributed by atoms with Crippen LogP contribution in [0.4, 0.5) is 0 Å². The molecule has 1 aromatic rings. The third-order valence-electron chi connectivity index (χ3n) is 4.08. The van der Waals surface area contributed by atoms with E-state index in [4.69, 9.17) is 0 Å². The molecule has 3 heteroatoms. The lowest BCUT2D eigenvalue weighted by Gasteiger charge is -2.29. The molecule has 1 aliphatic carbocycles. The molecule has 18 heavy (non-hydrogen) atoms. The molecule has 1 aliphatic rings. The van der Waals surface area contributed by atoms with E-state index in [0.717, 1.165) is 24.9 Å². The lowest BCUT2D eigenvalue weighted by atomic mass is 9.83. The van der Waals surface area contributed by atoms with Crippen molar-refractivity contribution in [1.82, 2.24) is 14.9 Å². The second-order valence-electron chi connectivity index (χ2n) is 5.52. The van der Waals surface area contributed by atoms with Gasteiger partial charge in [0.05, 0.1) is 0 Å². The number of hydrogen-bond donors (Lipinski definition) is 1. The highest BCUT2D eigenvalue weighted by atomic mass is 15.1. The molecular formula is C15H27N3. The van der Waals surface area contributed by atoms with E-state index >= 15 is 0 Å². The van der Waals surface area contributed by atoms with E-state index in [0.29, 0.717) is 0 Å². The zero-order chi connectivity index (χ0) is 12.8. The molecule has 1 aromatic heterocycles. The van der Waals surface area contributed by atoms with Crippen molar-refractivity contribution in [2.75, 3.05) is 6.54 Å². The van der Waals surface area contributed by atoms with Gasteiger partial charge >= 0.3 is 0 Å². The summed E-state index contributed by atoms with van der Waals surface area (Å²) in [5.41, 5.74) is 0. The maximum atomic E-state index is 4.51. The van der Waals surface area contributed by atoms with Crippen LogP contribution in [-0.4, -0.2) is 22.1 Å². The van der Waals surface area contributed by atoms with Gasteiger partial charge in [0.25, 0.3) is 0 Å². The zero-order valence-electron chi connectivity index (χ0n) is 11.9. The predicted octanol–water partition coefficient (Wildman–Crippen LogP) is 3.00. The molecular weight excluding hydrogens is 222 g/mol. The van der Waals surface area contributed by atoms with E-state index in [1.54, 1.807) is 0 Å². The van der Waals surface area contributed by atoms with Crippen molar-refractivity contribution in [2.24, 2.45) is 5.92 Å². The average Bonchev–Trinajstić information content (AvgIpc) is 2.84. The number of rotatable bonds is 6. The highest BCUT2D eigenvalue weighted by Crippen LogP contribution is 2.27. The van der Waals surface area contributed by atoms with Gasteiger partial charge < -0.3 is 9.88 Å². The van der Waals surface area contributed by atoms with Crippen LogP contribution in [0.2, 0.25) is 0 Å². The Hall–Kier alpha value is -0.830. The molecule has 0 aliphatic heterocycles. The molecule has 0 saturated heterocycles. The van der Waals surface area contributed by atoms with Crippen LogP contribution in [0.5, 0.6) is 0 Å². The number of aryl methyl sites for hydroxylation is 1. The number of nitrogens with zero attached hydrogens (tertiary/aromatic N) is 2. The molecule has 2 rings (SSSR count). The van der Waals surface area contributed by atoms with E-state index in [9.17, 15) is 0 Å². The predicted molar refractivity (Wildman–Crippen MR) is 75.6 cm³/mol. The van der Waals surface area contributed by atoms with Crippen molar-refractivity contribution in [3.05, 3.63) is 18.2 Å². The Morgan fingerprint density at radius 1 is 1.39 bits per heavy atom. The topological polar surface area (TPSA) is 29.9 Å². The van der Waals surface area contributed by atoms with Crippen LogP contribution >= 0.6 is 0 Å². The molecule has 102 valence electrons. The van der Waals surface area contributed by atoms with E-state index in [2.05, 4.69) is 34.9 Å². The van der Waals surface area contributed by atoms with Crippen molar-refractivity contribution in [3.8, 4) is 0 Å². The first kappa shape index (κ1) is 13.6. The van der Waals surface area contributed by atoms with E-state index in [-0.39, 0.29) is 0 Å². The molecule has 1 N–H and O–H groups in total. The minimum absolute atomic E-state index is 0.744. The number of imidazole rings is 1. The van der Waals surface area contributed by atoms with Crippen LogP contribution in [0.15, 0.2) is 12.4 Å². The zero-order valence-corrected chi connectivity index (χ0v) is 11.9. The fraction of sp³-hybridized carbons (Fsp3) is 0.800. The van der Waals surface area contributed by atoms with Crippen LogP contribution in [-0.2, 0) is 13.0 Å². The van der Waals surface area contributed by atoms with Crippen molar-refractivity contribution in [1.29, 1.82) is 0 Å². The summed E-state index contributed by atoms with van der Waals surface area (Å²) < 4.78 is 2.28. The summed E-state index contributed by atoms with van der Waals surface area (Å²) in [6.07, 6.45) is 11.9. The molecule has 1 heterocycles. The Labute approximate surface area is 111 Å². The summed E-state index contributed by atoms with van der Waals surface area (Å²) in [7, 11) is 0. The Morgan fingerprint density at radius 2 is 2.28 bits per heavy atom. The van der Waals surface area contributed by atoms with E-state index in [1.807, 2.05) is 6.20 Å². The Bertz CT molecular complexity index is 345. The maximum Gasteiger partial charge on any atom is 0.108 e. The number of nitrogens with one attached hydrogen (secondary N) is 1. The quantitative estimate of drug-likeness (QED) is 0.840. The Balaban J connectivity index is 1.85. The highest BCUT2D eigenvalue weighted by Gasteiger charge is 2.22. The summed E-state index contributed by atoms with van der Waals surface area (Å²) >= 11 is 0. The number of aromatic nitrogens is 2. The minimum Gasteiger partial charge on any atom is -0.335 e. The molecule has 3 nitrogen and oxygen atoms in total. The minimum atomic E-state index is 0.744. The van der Waals surface area contributed by atoms with Gasteiger partial charge in [-0.3, -0.25) is 0 Å². The normalized spacial score (nSPS) is 24.3. The third kappa shape index (κ3) is 3.58. The molecule has 0 aromatic carbocycles. The monoisotopic (exact) mass is 249 g/mol. The van der Waals surface area contributed by atoms with Gasteiger partial charge in [-0.1, -0.05) is 13.3 Å². The smallest absolute Gasteiger partial charge is 0.108 e. The molecule has 0 bridgehead atoms.